The van der Waals surface area contributed by atoms with Gasteiger partial charge in [-0.2, -0.15) is 0 Å². The van der Waals surface area contributed by atoms with Crippen LogP contribution in [0.2, 0.25) is 0 Å². The monoisotopic (exact) mass is 451 g/mol. The molecule has 2 aromatic rings. The lowest BCUT2D eigenvalue weighted by Gasteiger charge is -2.25. The van der Waals surface area contributed by atoms with E-state index in [2.05, 4.69) is 19.2 Å². The van der Waals surface area contributed by atoms with Gasteiger partial charge in [0.15, 0.2) is 14.6 Å². The van der Waals surface area contributed by atoms with Gasteiger partial charge in [0, 0.05) is 6.42 Å². The van der Waals surface area contributed by atoms with E-state index in [1.165, 1.54) is 38.3 Å². The van der Waals surface area contributed by atoms with Gasteiger partial charge < -0.3 is 19.9 Å². The molecule has 1 atom stereocenters. The molecule has 31 heavy (non-hydrogen) atoms. The Morgan fingerprint density at radius 2 is 1.65 bits per heavy atom. The van der Waals surface area contributed by atoms with Crippen LogP contribution in [0.3, 0.4) is 0 Å². The summed E-state index contributed by atoms with van der Waals surface area (Å²) in [6.07, 6.45) is -0.183. The largest absolute Gasteiger partial charge is 0.497 e. The molecule has 172 valence electrons. The summed E-state index contributed by atoms with van der Waals surface area (Å²) in [5.74, 6) is -0.347. The van der Waals surface area contributed by atoms with E-state index >= 15 is 0 Å². The summed E-state index contributed by atoms with van der Waals surface area (Å²) < 4.78 is 34.5. The van der Waals surface area contributed by atoms with Crippen LogP contribution in [0.1, 0.15) is 33.3 Å². The molecule has 2 rings (SSSR count). The molecule has 0 radical (unpaired) electrons. The SMILES string of the molecule is CCNCC.CCOc1cccc(CC(C)(C(=O)O)S(=O)(=O)c2ccc(OC)cc2)c1. The number of benzene rings is 2. The molecular weight excluding hydrogens is 418 g/mol. The minimum Gasteiger partial charge on any atom is -0.497 e. The molecule has 0 aliphatic heterocycles. The van der Waals surface area contributed by atoms with E-state index in [-0.39, 0.29) is 11.3 Å². The molecule has 0 aromatic heterocycles. The Labute approximate surface area is 185 Å². The van der Waals surface area contributed by atoms with E-state index in [4.69, 9.17) is 9.47 Å². The maximum atomic E-state index is 13.1. The highest BCUT2D eigenvalue weighted by molar-refractivity contribution is 7.93. The zero-order chi connectivity index (χ0) is 23.5. The molecule has 7 nitrogen and oxygen atoms in total. The van der Waals surface area contributed by atoms with Gasteiger partial charge in [0.25, 0.3) is 0 Å². The van der Waals surface area contributed by atoms with E-state index < -0.39 is 20.6 Å². The van der Waals surface area contributed by atoms with Gasteiger partial charge in [0.2, 0.25) is 0 Å². The fourth-order valence-electron chi connectivity index (χ4n) is 2.85. The van der Waals surface area contributed by atoms with Gasteiger partial charge in [-0.25, -0.2) is 8.42 Å². The van der Waals surface area contributed by atoms with Crippen LogP contribution >= 0.6 is 0 Å². The summed E-state index contributed by atoms with van der Waals surface area (Å²) in [6.45, 7) is 9.91. The van der Waals surface area contributed by atoms with Crippen molar-refractivity contribution in [1.82, 2.24) is 5.32 Å². The van der Waals surface area contributed by atoms with Gasteiger partial charge in [-0.15, -0.1) is 0 Å². The maximum Gasteiger partial charge on any atom is 0.325 e. The lowest BCUT2D eigenvalue weighted by molar-refractivity contribution is -0.139. The Kier molecular flexibility index (Phi) is 10.5. The van der Waals surface area contributed by atoms with Gasteiger partial charge in [0.1, 0.15) is 11.5 Å². The molecule has 0 saturated carbocycles. The molecule has 0 amide bonds. The highest BCUT2D eigenvalue weighted by Crippen LogP contribution is 2.31. The lowest BCUT2D eigenvalue weighted by Crippen LogP contribution is -2.45. The van der Waals surface area contributed by atoms with Crippen LogP contribution in [-0.4, -0.2) is 51.0 Å². The molecule has 0 spiro atoms. The minimum absolute atomic E-state index is 0.0656. The van der Waals surface area contributed by atoms with Gasteiger partial charge in [-0.1, -0.05) is 26.0 Å². The molecule has 0 fully saturated rings. The molecular formula is C23H33NO6S. The number of carboxylic acid groups (broad SMARTS) is 1. The van der Waals surface area contributed by atoms with Crippen molar-refractivity contribution in [3.8, 4) is 11.5 Å². The van der Waals surface area contributed by atoms with E-state index in [0.717, 1.165) is 13.1 Å². The zero-order valence-corrected chi connectivity index (χ0v) is 19.7. The van der Waals surface area contributed by atoms with Crippen molar-refractivity contribution in [2.24, 2.45) is 0 Å². The minimum atomic E-state index is -4.14. The summed E-state index contributed by atoms with van der Waals surface area (Å²) in [5, 5.41) is 12.8. The summed E-state index contributed by atoms with van der Waals surface area (Å²) in [7, 11) is -2.68. The van der Waals surface area contributed by atoms with Gasteiger partial charge in [0.05, 0.1) is 18.6 Å². The number of rotatable bonds is 10. The average Bonchev–Trinajstić information content (AvgIpc) is 2.75. The topological polar surface area (TPSA) is 102 Å². The maximum absolute atomic E-state index is 13.1. The number of carbonyl (C=O) groups is 1. The van der Waals surface area contributed by atoms with E-state index in [0.29, 0.717) is 23.7 Å². The molecule has 0 bridgehead atoms. The third-order valence-corrected chi connectivity index (χ3v) is 7.06. The number of methoxy groups -OCH3 is 1. The molecule has 0 heterocycles. The standard InChI is InChI=1S/C19H22O6S.C4H11N/c1-4-25-16-7-5-6-14(12-16)13-19(2,18(20)21)26(22,23)17-10-8-15(24-3)9-11-17;1-3-5-4-2/h5-12H,4,13H2,1-3H3,(H,20,21);5H,3-4H2,1-2H3. The second kappa shape index (κ2) is 12.3. The van der Waals surface area contributed by atoms with E-state index in [1.807, 2.05) is 6.92 Å². The Morgan fingerprint density at radius 3 is 2.10 bits per heavy atom. The highest BCUT2D eigenvalue weighted by Gasteiger charge is 2.47. The number of hydrogen-bond acceptors (Lipinski definition) is 6. The van der Waals surface area contributed by atoms with Crippen LogP contribution in [0.25, 0.3) is 0 Å². The van der Waals surface area contributed by atoms with Crippen molar-refractivity contribution in [3.63, 3.8) is 0 Å². The predicted octanol–water partition coefficient (Wildman–Crippen LogP) is 3.57. The molecule has 0 aliphatic carbocycles. The molecule has 0 saturated heterocycles. The van der Waals surface area contributed by atoms with E-state index in [1.54, 1.807) is 24.3 Å². The first-order chi connectivity index (χ1) is 14.7. The highest BCUT2D eigenvalue weighted by atomic mass is 32.2. The van der Waals surface area contributed by atoms with Crippen molar-refractivity contribution in [3.05, 3.63) is 54.1 Å². The van der Waals surface area contributed by atoms with Crippen molar-refractivity contribution in [1.29, 1.82) is 0 Å². The zero-order valence-electron chi connectivity index (χ0n) is 18.8. The van der Waals surface area contributed by atoms with Gasteiger partial charge in [-0.3, -0.25) is 4.79 Å². The van der Waals surface area contributed by atoms with Crippen LogP contribution in [0.5, 0.6) is 11.5 Å². The number of ether oxygens (including phenoxy) is 2. The molecule has 0 aliphatic rings. The summed E-state index contributed by atoms with van der Waals surface area (Å²) in [5.41, 5.74) is 0.568. The first-order valence-electron chi connectivity index (χ1n) is 10.2. The summed E-state index contributed by atoms with van der Waals surface area (Å²) in [4.78, 5) is 11.9. The number of aliphatic carboxylic acids is 1. The smallest absolute Gasteiger partial charge is 0.325 e. The Balaban J connectivity index is 0.000000861. The quantitative estimate of drug-likeness (QED) is 0.569. The number of carboxylic acids is 1. The van der Waals surface area contributed by atoms with Gasteiger partial charge in [-0.05, 0) is 68.9 Å². The van der Waals surface area contributed by atoms with Crippen molar-refractivity contribution in [2.45, 2.75) is 43.8 Å². The first kappa shape index (κ1) is 26.5. The van der Waals surface area contributed by atoms with Gasteiger partial charge >= 0.3 is 5.97 Å². The van der Waals surface area contributed by atoms with Crippen LogP contribution < -0.4 is 14.8 Å². The second-order valence-corrected chi connectivity index (χ2v) is 9.31. The predicted molar refractivity (Wildman–Crippen MR) is 122 cm³/mol. The molecule has 2 N–H and O–H groups in total. The third kappa shape index (κ3) is 6.97. The number of hydrogen-bond donors (Lipinski definition) is 2. The fraction of sp³-hybridized carbons (Fsp3) is 0.435. The summed E-state index contributed by atoms with van der Waals surface area (Å²) in [6, 6.07) is 12.5. The lowest BCUT2D eigenvalue weighted by atomic mass is 10.0. The molecule has 2 aromatic carbocycles. The Hall–Kier alpha value is -2.58. The third-order valence-electron chi connectivity index (χ3n) is 4.67. The van der Waals surface area contributed by atoms with Crippen molar-refractivity contribution >= 4 is 15.8 Å². The Bertz CT molecular complexity index is 925. The van der Waals surface area contributed by atoms with Crippen LogP contribution in [0, 0.1) is 0 Å². The van der Waals surface area contributed by atoms with Crippen molar-refractivity contribution in [2.75, 3.05) is 26.8 Å². The Morgan fingerprint density at radius 1 is 1.03 bits per heavy atom. The van der Waals surface area contributed by atoms with Crippen LogP contribution in [0.4, 0.5) is 0 Å². The summed E-state index contributed by atoms with van der Waals surface area (Å²) >= 11 is 0. The molecule has 1 unspecified atom stereocenters. The first-order valence-corrected chi connectivity index (χ1v) is 11.7. The van der Waals surface area contributed by atoms with Crippen LogP contribution in [-0.2, 0) is 21.1 Å². The van der Waals surface area contributed by atoms with Crippen molar-refractivity contribution < 1.29 is 27.8 Å². The average molecular weight is 452 g/mol. The number of sulfone groups is 1. The second-order valence-electron chi connectivity index (χ2n) is 6.93. The normalized spacial score (nSPS) is 12.8. The number of nitrogens with one attached hydrogen (secondary N) is 1. The van der Waals surface area contributed by atoms with E-state index in [9.17, 15) is 18.3 Å². The fourth-order valence-corrected chi connectivity index (χ4v) is 4.45. The molecule has 8 heteroatoms. The van der Waals surface area contributed by atoms with Crippen LogP contribution in [0.15, 0.2) is 53.4 Å².